The summed E-state index contributed by atoms with van der Waals surface area (Å²) in [5.41, 5.74) is 1.26. The molecule has 1 amide bonds. The number of benzene rings is 2. The molecule has 0 aliphatic heterocycles. The van der Waals surface area contributed by atoms with Gasteiger partial charge in [-0.25, -0.2) is 8.42 Å². The molecule has 3 rings (SSSR count). The van der Waals surface area contributed by atoms with Crippen LogP contribution in [0, 0.1) is 6.92 Å². The van der Waals surface area contributed by atoms with E-state index in [2.05, 4.69) is 11.9 Å². The first-order valence-corrected chi connectivity index (χ1v) is 11.1. The van der Waals surface area contributed by atoms with Gasteiger partial charge in [0.05, 0.1) is 22.6 Å². The molecule has 0 aliphatic rings. The number of ether oxygens (including phenoxy) is 1. The number of nitrogens with one attached hydrogen (secondary N) is 1. The van der Waals surface area contributed by atoms with E-state index in [4.69, 9.17) is 4.74 Å². The van der Waals surface area contributed by atoms with Gasteiger partial charge in [-0.2, -0.15) is 0 Å². The summed E-state index contributed by atoms with van der Waals surface area (Å²) in [7, 11) is -0.679. The van der Waals surface area contributed by atoms with Crippen LogP contribution in [-0.2, 0) is 10.0 Å². The van der Waals surface area contributed by atoms with Crippen molar-refractivity contribution in [3.05, 3.63) is 65.6 Å². The minimum absolute atomic E-state index is 0.178. The van der Waals surface area contributed by atoms with Gasteiger partial charge in [0.15, 0.2) is 0 Å². The van der Waals surface area contributed by atoms with Gasteiger partial charge in [-0.05, 0) is 60.3 Å². The minimum atomic E-state index is -3.74. The number of sulfonamides is 1. The molecule has 152 valence electrons. The van der Waals surface area contributed by atoms with Crippen molar-refractivity contribution in [3.63, 3.8) is 0 Å². The molecule has 1 N–H and O–H groups in total. The number of anilines is 1. The molecule has 3 aromatic rings. The van der Waals surface area contributed by atoms with Crippen LogP contribution in [-0.4, -0.2) is 35.0 Å². The Bertz CT molecular complexity index is 1180. The number of carbonyl (C=O) groups is 1. The third kappa shape index (κ3) is 4.13. The molecule has 0 aliphatic carbocycles. The van der Waals surface area contributed by atoms with Gasteiger partial charge in [0, 0.05) is 18.3 Å². The Morgan fingerprint density at radius 2 is 2.00 bits per heavy atom. The van der Waals surface area contributed by atoms with Crippen molar-refractivity contribution in [1.82, 2.24) is 5.32 Å². The standard InChI is InChI=1S/C21H22N2O4S2/c1-5-10-22-21(24)20-13-15-12-16(6-9-19(15)28-20)23(3)29(25,26)17-7-8-18(27-4)14(2)11-17/h5-9,11-13H,1,10H2,2-4H3,(H,22,24). The molecule has 0 saturated carbocycles. The molecule has 6 nitrogen and oxygen atoms in total. The highest BCUT2D eigenvalue weighted by molar-refractivity contribution is 7.92. The second kappa shape index (κ2) is 8.26. The first-order chi connectivity index (χ1) is 13.8. The number of rotatable bonds is 7. The summed E-state index contributed by atoms with van der Waals surface area (Å²) < 4.78 is 33.5. The van der Waals surface area contributed by atoms with E-state index in [0.29, 0.717) is 22.9 Å². The molecule has 2 aromatic carbocycles. The molecule has 0 fully saturated rings. The highest BCUT2D eigenvalue weighted by atomic mass is 32.2. The van der Waals surface area contributed by atoms with Crippen LogP contribution < -0.4 is 14.4 Å². The van der Waals surface area contributed by atoms with Crippen LogP contribution in [0.1, 0.15) is 15.2 Å². The van der Waals surface area contributed by atoms with Gasteiger partial charge in [-0.15, -0.1) is 17.9 Å². The van der Waals surface area contributed by atoms with Gasteiger partial charge in [-0.3, -0.25) is 9.10 Å². The monoisotopic (exact) mass is 430 g/mol. The molecular weight excluding hydrogens is 408 g/mol. The number of hydrogen-bond acceptors (Lipinski definition) is 5. The van der Waals surface area contributed by atoms with E-state index in [0.717, 1.165) is 15.6 Å². The predicted octanol–water partition coefficient (Wildman–Crippen LogP) is 3.96. The maximum absolute atomic E-state index is 13.1. The summed E-state index contributed by atoms with van der Waals surface area (Å²) in [6.45, 7) is 5.77. The quantitative estimate of drug-likeness (QED) is 0.576. The van der Waals surface area contributed by atoms with Crippen molar-refractivity contribution in [2.24, 2.45) is 0 Å². The fraction of sp³-hybridized carbons (Fsp3) is 0.190. The molecule has 1 aromatic heterocycles. The summed E-state index contributed by atoms with van der Waals surface area (Å²) in [5.74, 6) is 0.455. The van der Waals surface area contributed by atoms with Crippen LogP contribution in [0.3, 0.4) is 0 Å². The number of fused-ring (bicyclic) bond motifs is 1. The van der Waals surface area contributed by atoms with E-state index in [9.17, 15) is 13.2 Å². The van der Waals surface area contributed by atoms with Crippen LogP contribution in [0.15, 0.2) is 60.0 Å². The van der Waals surface area contributed by atoms with Crippen molar-refractivity contribution < 1.29 is 17.9 Å². The lowest BCUT2D eigenvalue weighted by Gasteiger charge is -2.20. The molecule has 29 heavy (non-hydrogen) atoms. The highest BCUT2D eigenvalue weighted by Crippen LogP contribution is 2.32. The Balaban J connectivity index is 1.93. The van der Waals surface area contributed by atoms with E-state index >= 15 is 0 Å². The second-order valence-electron chi connectivity index (χ2n) is 6.44. The Kier molecular flexibility index (Phi) is 5.95. The van der Waals surface area contributed by atoms with Crippen molar-refractivity contribution in [2.75, 3.05) is 25.0 Å². The maximum Gasteiger partial charge on any atom is 0.264 e. The fourth-order valence-corrected chi connectivity index (χ4v) is 5.13. The second-order valence-corrected chi connectivity index (χ2v) is 9.49. The average molecular weight is 431 g/mol. The lowest BCUT2D eigenvalue weighted by atomic mass is 10.2. The molecule has 1 heterocycles. The van der Waals surface area contributed by atoms with Crippen LogP contribution in [0.25, 0.3) is 10.1 Å². The van der Waals surface area contributed by atoms with Gasteiger partial charge < -0.3 is 10.1 Å². The molecule has 0 radical (unpaired) electrons. The zero-order valence-electron chi connectivity index (χ0n) is 16.4. The fourth-order valence-electron chi connectivity index (χ4n) is 2.90. The number of methoxy groups -OCH3 is 1. The van der Waals surface area contributed by atoms with E-state index < -0.39 is 10.0 Å². The Morgan fingerprint density at radius 3 is 2.66 bits per heavy atom. The summed E-state index contributed by atoms with van der Waals surface area (Å²) in [6.07, 6.45) is 1.62. The summed E-state index contributed by atoms with van der Waals surface area (Å²) >= 11 is 1.36. The summed E-state index contributed by atoms with van der Waals surface area (Å²) in [5, 5.41) is 3.55. The third-order valence-corrected chi connectivity index (χ3v) is 7.42. The number of thiophene rings is 1. The highest BCUT2D eigenvalue weighted by Gasteiger charge is 2.23. The zero-order valence-corrected chi connectivity index (χ0v) is 18.1. The minimum Gasteiger partial charge on any atom is -0.496 e. The van der Waals surface area contributed by atoms with Gasteiger partial charge in [0.2, 0.25) is 0 Å². The molecule has 0 bridgehead atoms. The topological polar surface area (TPSA) is 75.7 Å². The van der Waals surface area contributed by atoms with E-state index in [-0.39, 0.29) is 10.8 Å². The summed E-state index contributed by atoms with van der Waals surface area (Å²) in [6, 6.07) is 11.9. The number of hydrogen-bond donors (Lipinski definition) is 1. The van der Waals surface area contributed by atoms with Gasteiger partial charge in [0.1, 0.15) is 5.75 Å². The zero-order chi connectivity index (χ0) is 21.2. The van der Waals surface area contributed by atoms with Crippen LogP contribution in [0.4, 0.5) is 5.69 Å². The number of nitrogens with zero attached hydrogens (tertiary/aromatic N) is 1. The molecule has 0 saturated heterocycles. The number of aryl methyl sites for hydroxylation is 1. The molecule has 0 unspecified atom stereocenters. The molecule has 0 atom stereocenters. The van der Waals surface area contributed by atoms with Crippen molar-refractivity contribution in [2.45, 2.75) is 11.8 Å². The van der Waals surface area contributed by atoms with Crippen LogP contribution in [0.2, 0.25) is 0 Å². The van der Waals surface area contributed by atoms with E-state index in [1.54, 1.807) is 50.4 Å². The third-order valence-electron chi connectivity index (χ3n) is 4.52. The lowest BCUT2D eigenvalue weighted by molar-refractivity contribution is 0.0962. The SMILES string of the molecule is C=CCNC(=O)c1cc2cc(N(C)S(=O)(=O)c3ccc(OC)c(C)c3)ccc2s1. The van der Waals surface area contributed by atoms with Crippen molar-refractivity contribution in [3.8, 4) is 5.75 Å². The first-order valence-electron chi connectivity index (χ1n) is 8.84. The number of amides is 1. The van der Waals surface area contributed by atoms with Crippen molar-refractivity contribution >= 4 is 43.0 Å². The Hall–Kier alpha value is -2.84. The van der Waals surface area contributed by atoms with Crippen molar-refractivity contribution in [1.29, 1.82) is 0 Å². The normalized spacial score (nSPS) is 11.3. The molecule has 0 spiro atoms. The smallest absolute Gasteiger partial charge is 0.264 e. The predicted molar refractivity (Wildman–Crippen MR) is 118 cm³/mol. The van der Waals surface area contributed by atoms with E-state index in [1.165, 1.54) is 28.8 Å². The molecule has 8 heteroatoms. The van der Waals surface area contributed by atoms with E-state index in [1.807, 2.05) is 6.07 Å². The largest absolute Gasteiger partial charge is 0.496 e. The van der Waals surface area contributed by atoms with Crippen LogP contribution >= 0.6 is 11.3 Å². The van der Waals surface area contributed by atoms with Gasteiger partial charge in [0.25, 0.3) is 15.9 Å². The lowest BCUT2D eigenvalue weighted by Crippen LogP contribution is -2.26. The van der Waals surface area contributed by atoms with Gasteiger partial charge >= 0.3 is 0 Å². The Labute approximate surface area is 174 Å². The maximum atomic E-state index is 13.1. The molecular formula is C21H22N2O4S2. The summed E-state index contributed by atoms with van der Waals surface area (Å²) in [4.78, 5) is 12.9. The Morgan fingerprint density at radius 1 is 1.24 bits per heavy atom. The van der Waals surface area contributed by atoms with Gasteiger partial charge in [-0.1, -0.05) is 6.08 Å². The first kappa shape index (κ1) is 20.9. The number of carbonyl (C=O) groups excluding carboxylic acids is 1. The average Bonchev–Trinajstić information content (AvgIpc) is 3.14. The van der Waals surface area contributed by atoms with Crippen LogP contribution in [0.5, 0.6) is 5.75 Å².